The molecule has 0 N–H and O–H groups in total. The highest BCUT2D eigenvalue weighted by Gasteiger charge is 2.35. The lowest BCUT2D eigenvalue weighted by atomic mass is 10.1. The summed E-state index contributed by atoms with van der Waals surface area (Å²) < 4.78 is 50.0. The fourth-order valence-corrected chi connectivity index (χ4v) is 3.21. The van der Waals surface area contributed by atoms with E-state index in [4.69, 9.17) is 14.7 Å². The smallest absolute Gasteiger partial charge is 0.420 e. The number of hydrogen-bond acceptors (Lipinski definition) is 7. The van der Waals surface area contributed by atoms with Crippen LogP contribution in [-0.2, 0) is 10.9 Å². The van der Waals surface area contributed by atoms with Gasteiger partial charge in [0.15, 0.2) is 5.69 Å². The molecule has 1 aliphatic heterocycles. The fourth-order valence-electron chi connectivity index (χ4n) is 3.21. The second-order valence-electron chi connectivity index (χ2n) is 6.92. The number of ether oxygens (including phenoxy) is 2. The van der Waals surface area contributed by atoms with Crippen molar-refractivity contribution >= 4 is 11.9 Å². The van der Waals surface area contributed by atoms with Crippen LogP contribution in [0.5, 0.6) is 5.75 Å². The minimum atomic E-state index is -4.62. The van der Waals surface area contributed by atoms with Crippen LogP contribution in [0, 0.1) is 24.2 Å². The van der Waals surface area contributed by atoms with E-state index >= 15 is 0 Å². The third-order valence-corrected chi connectivity index (χ3v) is 4.69. The molecule has 1 aromatic carbocycles. The zero-order chi connectivity index (χ0) is 21.9. The number of alkyl halides is 3. The fraction of sp³-hybridized carbons (Fsp3) is 0.400. The Balaban J connectivity index is 1.69. The Hall–Kier alpha value is -3.35. The number of halogens is 3. The minimum absolute atomic E-state index is 0.0487. The van der Waals surface area contributed by atoms with Gasteiger partial charge < -0.3 is 14.4 Å². The summed E-state index contributed by atoms with van der Waals surface area (Å²) in [5.74, 6) is -0.555. The van der Waals surface area contributed by atoms with Gasteiger partial charge in [-0.1, -0.05) is 0 Å². The molecule has 1 aromatic heterocycles. The molecule has 2 heterocycles. The van der Waals surface area contributed by atoms with Crippen molar-refractivity contribution in [1.82, 2.24) is 9.97 Å². The third-order valence-electron chi connectivity index (χ3n) is 4.69. The number of nitrogens with zero attached hydrogens (tertiary/aromatic N) is 4. The summed E-state index contributed by atoms with van der Waals surface area (Å²) in [6.07, 6.45) is -3.95. The van der Waals surface area contributed by atoms with Crippen LogP contribution in [0.1, 0.15) is 33.7 Å². The van der Waals surface area contributed by atoms with Gasteiger partial charge in [0.05, 0.1) is 30.9 Å². The number of benzene rings is 1. The molecule has 0 saturated carbocycles. The van der Waals surface area contributed by atoms with Crippen LogP contribution < -0.4 is 9.64 Å². The van der Waals surface area contributed by atoms with E-state index in [9.17, 15) is 18.0 Å². The zero-order valence-corrected chi connectivity index (χ0v) is 16.4. The first kappa shape index (κ1) is 21.4. The van der Waals surface area contributed by atoms with Crippen molar-refractivity contribution in [2.24, 2.45) is 5.92 Å². The van der Waals surface area contributed by atoms with E-state index in [-0.39, 0.29) is 29.5 Å². The number of carbonyl (C=O) groups excluding carboxylic acids is 1. The van der Waals surface area contributed by atoms with Gasteiger partial charge in [-0.15, -0.1) is 0 Å². The molecule has 1 atom stereocenters. The van der Waals surface area contributed by atoms with Gasteiger partial charge in [0.1, 0.15) is 5.75 Å². The van der Waals surface area contributed by atoms with E-state index in [0.29, 0.717) is 31.2 Å². The number of aryl methyl sites for hydroxylation is 1. The van der Waals surface area contributed by atoms with Crippen molar-refractivity contribution in [3.8, 4) is 11.8 Å². The summed E-state index contributed by atoms with van der Waals surface area (Å²) in [5, 5.41) is 8.84. The summed E-state index contributed by atoms with van der Waals surface area (Å²) in [6.45, 7) is 2.86. The highest BCUT2D eigenvalue weighted by Crippen LogP contribution is 2.37. The first-order chi connectivity index (χ1) is 14.2. The number of esters is 1. The first-order valence-corrected chi connectivity index (χ1v) is 9.14. The molecule has 1 aliphatic rings. The molecular weight excluding hydrogens is 401 g/mol. The van der Waals surface area contributed by atoms with Gasteiger partial charge in [0.25, 0.3) is 0 Å². The van der Waals surface area contributed by atoms with Crippen molar-refractivity contribution in [3.05, 3.63) is 46.8 Å². The number of hydrogen-bond donors (Lipinski definition) is 0. The number of aromatic nitrogens is 2. The highest BCUT2D eigenvalue weighted by molar-refractivity contribution is 5.87. The normalized spacial score (nSPS) is 16.3. The Morgan fingerprint density at radius 1 is 1.33 bits per heavy atom. The summed E-state index contributed by atoms with van der Waals surface area (Å²) in [6, 6.07) is 6.47. The molecule has 7 nitrogen and oxygen atoms in total. The summed E-state index contributed by atoms with van der Waals surface area (Å²) >= 11 is 0. The van der Waals surface area contributed by atoms with Crippen LogP contribution in [0.2, 0.25) is 0 Å². The van der Waals surface area contributed by atoms with Gasteiger partial charge in [0, 0.05) is 24.7 Å². The van der Waals surface area contributed by atoms with Gasteiger partial charge in [-0.25, -0.2) is 14.8 Å². The quantitative estimate of drug-likeness (QED) is 0.686. The van der Waals surface area contributed by atoms with E-state index in [2.05, 4.69) is 9.97 Å². The molecule has 10 heteroatoms. The Kier molecular flexibility index (Phi) is 6.10. The molecule has 0 spiro atoms. The third kappa shape index (κ3) is 4.79. The maximum atomic E-state index is 13.3. The van der Waals surface area contributed by atoms with Crippen molar-refractivity contribution in [1.29, 1.82) is 5.26 Å². The van der Waals surface area contributed by atoms with Gasteiger partial charge in [-0.05, 0) is 37.6 Å². The summed E-state index contributed by atoms with van der Waals surface area (Å²) in [4.78, 5) is 22.2. The lowest BCUT2D eigenvalue weighted by molar-refractivity contribution is -0.139. The first-order valence-electron chi connectivity index (χ1n) is 9.14. The monoisotopic (exact) mass is 420 g/mol. The largest absolute Gasteiger partial charge is 0.493 e. The van der Waals surface area contributed by atoms with E-state index in [1.54, 1.807) is 13.0 Å². The molecule has 30 heavy (non-hydrogen) atoms. The van der Waals surface area contributed by atoms with Gasteiger partial charge in [0.2, 0.25) is 5.95 Å². The second-order valence-corrected chi connectivity index (χ2v) is 6.92. The van der Waals surface area contributed by atoms with Crippen molar-refractivity contribution in [2.45, 2.75) is 19.5 Å². The van der Waals surface area contributed by atoms with Crippen LogP contribution in [0.3, 0.4) is 0 Å². The Morgan fingerprint density at radius 3 is 2.77 bits per heavy atom. The number of anilines is 1. The minimum Gasteiger partial charge on any atom is -0.493 e. The van der Waals surface area contributed by atoms with Gasteiger partial charge >= 0.3 is 12.1 Å². The average Bonchev–Trinajstić information content (AvgIpc) is 3.19. The molecule has 158 valence electrons. The summed E-state index contributed by atoms with van der Waals surface area (Å²) in [5.41, 5.74) is -0.305. The second kappa shape index (κ2) is 8.57. The predicted molar refractivity (Wildman–Crippen MR) is 100 cm³/mol. The van der Waals surface area contributed by atoms with Gasteiger partial charge in [-0.3, -0.25) is 0 Å². The van der Waals surface area contributed by atoms with Crippen molar-refractivity contribution < 1.29 is 27.4 Å². The average molecular weight is 420 g/mol. The van der Waals surface area contributed by atoms with E-state index < -0.39 is 17.7 Å². The SMILES string of the molecule is COC(=O)c1cc(C)nc(N2CCC(COc3ccc(C#N)cc3C(F)(F)F)C2)n1. The summed E-state index contributed by atoms with van der Waals surface area (Å²) in [7, 11) is 1.26. The van der Waals surface area contributed by atoms with E-state index in [1.165, 1.54) is 25.3 Å². The van der Waals surface area contributed by atoms with Crippen molar-refractivity contribution in [2.75, 3.05) is 31.7 Å². The molecule has 1 fully saturated rings. The van der Waals surface area contributed by atoms with Crippen LogP contribution in [0.15, 0.2) is 24.3 Å². The molecular formula is C20H19F3N4O3. The maximum Gasteiger partial charge on any atom is 0.420 e. The molecule has 0 radical (unpaired) electrons. The van der Waals surface area contributed by atoms with Gasteiger partial charge in [-0.2, -0.15) is 18.4 Å². The molecule has 0 amide bonds. The molecule has 1 saturated heterocycles. The van der Waals surface area contributed by atoms with E-state index in [1.807, 2.05) is 4.90 Å². The molecule has 0 bridgehead atoms. The topological polar surface area (TPSA) is 88.3 Å². The lowest BCUT2D eigenvalue weighted by Crippen LogP contribution is -2.25. The zero-order valence-electron chi connectivity index (χ0n) is 16.4. The van der Waals surface area contributed by atoms with Crippen LogP contribution in [0.4, 0.5) is 19.1 Å². The Bertz CT molecular complexity index is 988. The molecule has 0 aliphatic carbocycles. The highest BCUT2D eigenvalue weighted by atomic mass is 19.4. The predicted octanol–water partition coefficient (Wildman–Crippen LogP) is 3.37. The number of carbonyl (C=O) groups is 1. The van der Waals surface area contributed by atoms with Crippen LogP contribution in [0.25, 0.3) is 0 Å². The maximum absolute atomic E-state index is 13.3. The molecule has 2 aromatic rings. The number of rotatable bonds is 5. The van der Waals surface area contributed by atoms with Crippen LogP contribution >= 0.6 is 0 Å². The standard InChI is InChI=1S/C20H19F3N4O3/c1-12-7-16(18(28)29-2)26-19(25-12)27-6-5-14(10-27)11-30-17-4-3-13(9-24)8-15(17)20(21,22)23/h3-4,7-8,14H,5-6,10-11H2,1-2H3. The van der Waals surface area contributed by atoms with E-state index in [0.717, 1.165) is 6.07 Å². The number of nitriles is 1. The molecule has 3 rings (SSSR count). The van der Waals surface area contributed by atoms with Crippen LogP contribution in [-0.4, -0.2) is 42.7 Å². The number of methoxy groups -OCH3 is 1. The molecule has 1 unspecified atom stereocenters. The Labute approximate surface area is 171 Å². The lowest BCUT2D eigenvalue weighted by Gasteiger charge is -2.19. The van der Waals surface area contributed by atoms with Crippen molar-refractivity contribution in [3.63, 3.8) is 0 Å². The Morgan fingerprint density at radius 2 is 2.10 bits per heavy atom.